The van der Waals surface area contributed by atoms with Crippen LogP contribution in [0.25, 0.3) is 5.76 Å². The van der Waals surface area contributed by atoms with Gasteiger partial charge in [0, 0.05) is 30.1 Å². The molecule has 2 atom stereocenters. The fourth-order valence-electron chi connectivity index (χ4n) is 4.31. The fraction of sp³-hybridized carbons (Fsp3) is 0.160. The van der Waals surface area contributed by atoms with E-state index < -0.39 is 23.5 Å². The molecule has 0 bridgehead atoms. The van der Waals surface area contributed by atoms with Gasteiger partial charge in [0.25, 0.3) is 11.7 Å². The molecule has 0 aliphatic carbocycles. The van der Waals surface area contributed by atoms with Gasteiger partial charge in [-0.2, -0.15) is 0 Å². The summed E-state index contributed by atoms with van der Waals surface area (Å²) in [5.74, 6) is -1.94. The molecule has 1 saturated heterocycles. The SMILES string of the molecule is CC1Cc2cc(/C(O)=C3/C(=O)C(=O)N(c4ccc(F)c(Cl)c4)C3c3cccnc3)ccc2O1. The van der Waals surface area contributed by atoms with E-state index in [0.717, 1.165) is 17.4 Å². The number of rotatable bonds is 3. The molecule has 1 amide bonds. The maximum Gasteiger partial charge on any atom is 0.300 e. The number of amides is 1. The summed E-state index contributed by atoms with van der Waals surface area (Å²) >= 11 is 5.95. The summed E-state index contributed by atoms with van der Waals surface area (Å²) in [6, 6.07) is 11.3. The number of aliphatic hydroxyl groups excluding tert-OH is 1. The third kappa shape index (κ3) is 3.54. The van der Waals surface area contributed by atoms with Crippen LogP contribution in [0.15, 0.2) is 66.5 Å². The number of carbonyl (C=O) groups is 2. The van der Waals surface area contributed by atoms with E-state index in [1.807, 2.05) is 6.92 Å². The first-order valence-electron chi connectivity index (χ1n) is 10.3. The highest BCUT2D eigenvalue weighted by molar-refractivity contribution is 6.51. The van der Waals surface area contributed by atoms with E-state index in [9.17, 15) is 19.1 Å². The molecule has 8 heteroatoms. The lowest BCUT2D eigenvalue weighted by Gasteiger charge is -2.25. The molecular weight excluding hydrogens is 447 g/mol. The Morgan fingerprint density at radius 2 is 2.03 bits per heavy atom. The predicted molar refractivity (Wildman–Crippen MR) is 121 cm³/mol. The van der Waals surface area contributed by atoms with Crippen molar-refractivity contribution in [3.05, 3.63) is 94.0 Å². The van der Waals surface area contributed by atoms with Crippen molar-refractivity contribution in [2.45, 2.75) is 25.5 Å². The topological polar surface area (TPSA) is 79.7 Å². The molecule has 2 aromatic carbocycles. The maximum absolute atomic E-state index is 13.8. The average Bonchev–Trinajstić information content (AvgIpc) is 3.31. The number of aliphatic hydroxyl groups is 1. The van der Waals surface area contributed by atoms with Crippen LogP contribution in [-0.4, -0.2) is 27.9 Å². The van der Waals surface area contributed by atoms with Crippen molar-refractivity contribution >= 4 is 34.7 Å². The van der Waals surface area contributed by atoms with Crippen LogP contribution in [0.1, 0.15) is 29.7 Å². The number of fused-ring (bicyclic) bond motifs is 1. The van der Waals surface area contributed by atoms with E-state index in [1.54, 1.807) is 36.5 Å². The summed E-state index contributed by atoms with van der Waals surface area (Å²) in [6.07, 6.45) is 3.76. The molecule has 0 saturated carbocycles. The minimum absolute atomic E-state index is 0.0154. The van der Waals surface area contributed by atoms with Gasteiger partial charge in [-0.05, 0) is 60.5 Å². The monoisotopic (exact) mass is 464 g/mol. The van der Waals surface area contributed by atoms with Crippen LogP contribution in [-0.2, 0) is 16.0 Å². The molecule has 2 aliphatic heterocycles. The number of Topliss-reactive ketones (excluding diaryl/α,β-unsaturated/α-hetero) is 1. The summed E-state index contributed by atoms with van der Waals surface area (Å²) in [4.78, 5) is 31.6. The average molecular weight is 465 g/mol. The molecule has 1 aromatic heterocycles. The summed E-state index contributed by atoms with van der Waals surface area (Å²) in [5.41, 5.74) is 1.96. The zero-order valence-electron chi connectivity index (χ0n) is 17.5. The second-order valence-electron chi connectivity index (χ2n) is 8.01. The Bertz CT molecular complexity index is 1330. The van der Waals surface area contributed by atoms with Gasteiger partial charge < -0.3 is 9.84 Å². The first kappa shape index (κ1) is 21.2. The summed E-state index contributed by atoms with van der Waals surface area (Å²) in [6.45, 7) is 1.95. The summed E-state index contributed by atoms with van der Waals surface area (Å²) in [7, 11) is 0. The maximum atomic E-state index is 13.8. The van der Waals surface area contributed by atoms with Crippen molar-refractivity contribution in [2.24, 2.45) is 0 Å². The molecule has 1 N–H and O–H groups in total. The summed E-state index contributed by atoms with van der Waals surface area (Å²) < 4.78 is 19.5. The smallest absolute Gasteiger partial charge is 0.300 e. The lowest BCUT2D eigenvalue weighted by atomic mass is 9.95. The van der Waals surface area contributed by atoms with Crippen LogP contribution in [0.5, 0.6) is 5.75 Å². The van der Waals surface area contributed by atoms with Gasteiger partial charge in [-0.15, -0.1) is 0 Å². The van der Waals surface area contributed by atoms with Crippen LogP contribution in [0.4, 0.5) is 10.1 Å². The Hall–Kier alpha value is -3.71. The van der Waals surface area contributed by atoms with E-state index in [-0.39, 0.29) is 28.1 Å². The number of hydrogen-bond donors (Lipinski definition) is 1. The highest BCUT2D eigenvalue weighted by Crippen LogP contribution is 2.43. The molecule has 6 nitrogen and oxygen atoms in total. The Morgan fingerprint density at radius 1 is 1.21 bits per heavy atom. The van der Waals surface area contributed by atoms with Gasteiger partial charge in [-0.25, -0.2) is 4.39 Å². The standard InChI is InChI=1S/C25H18ClFN2O4/c1-13-9-16-10-14(4-7-20(16)33-13)23(30)21-22(15-3-2-8-28-12-15)29(25(32)24(21)31)17-5-6-19(27)18(26)11-17/h2-8,10-13,22,30H,9H2,1H3/b23-21-. The number of ketones is 1. The molecule has 1 fully saturated rings. The molecule has 2 unspecified atom stereocenters. The van der Waals surface area contributed by atoms with Crippen LogP contribution >= 0.6 is 11.6 Å². The predicted octanol–water partition coefficient (Wildman–Crippen LogP) is 4.82. The second kappa shape index (κ2) is 8.01. The second-order valence-corrected chi connectivity index (χ2v) is 8.42. The lowest BCUT2D eigenvalue weighted by molar-refractivity contribution is -0.132. The Kier molecular flexibility index (Phi) is 5.13. The molecule has 3 heterocycles. The van der Waals surface area contributed by atoms with Gasteiger partial charge in [0.15, 0.2) is 0 Å². The molecule has 33 heavy (non-hydrogen) atoms. The van der Waals surface area contributed by atoms with Crippen LogP contribution in [0.2, 0.25) is 5.02 Å². The third-order valence-electron chi connectivity index (χ3n) is 5.80. The van der Waals surface area contributed by atoms with Crippen LogP contribution in [0, 0.1) is 5.82 Å². The van der Waals surface area contributed by atoms with Crippen molar-refractivity contribution in [3.63, 3.8) is 0 Å². The number of pyridine rings is 1. The van der Waals surface area contributed by atoms with E-state index >= 15 is 0 Å². The van der Waals surface area contributed by atoms with Crippen molar-refractivity contribution in [2.75, 3.05) is 4.90 Å². The quantitative estimate of drug-likeness (QED) is 0.341. The van der Waals surface area contributed by atoms with Gasteiger partial charge >= 0.3 is 0 Å². The minimum Gasteiger partial charge on any atom is -0.507 e. The molecular formula is C25H18ClFN2O4. The number of nitrogens with zero attached hydrogens (tertiary/aromatic N) is 2. The molecule has 2 aliphatic rings. The number of aromatic nitrogens is 1. The zero-order chi connectivity index (χ0) is 23.3. The first-order valence-corrected chi connectivity index (χ1v) is 10.7. The normalized spacial score (nSPS) is 21.2. The van der Waals surface area contributed by atoms with Crippen molar-refractivity contribution in [1.29, 1.82) is 0 Å². The highest BCUT2D eigenvalue weighted by atomic mass is 35.5. The van der Waals surface area contributed by atoms with E-state index in [0.29, 0.717) is 17.5 Å². The van der Waals surface area contributed by atoms with Gasteiger partial charge in [0.1, 0.15) is 23.4 Å². The van der Waals surface area contributed by atoms with Gasteiger partial charge in [-0.1, -0.05) is 17.7 Å². The van der Waals surface area contributed by atoms with Crippen molar-refractivity contribution in [3.8, 4) is 5.75 Å². The van der Waals surface area contributed by atoms with E-state index in [2.05, 4.69) is 4.98 Å². The molecule has 3 aromatic rings. The highest BCUT2D eigenvalue weighted by Gasteiger charge is 2.47. The Labute approximate surface area is 193 Å². The molecule has 0 spiro atoms. The van der Waals surface area contributed by atoms with Gasteiger partial charge in [-0.3, -0.25) is 19.5 Å². The number of hydrogen-bond acceptors (Lipinski definition) is 5. The van der Waals surface area contributed by atoms with Crippen LogP contribution in [0.3, 0.4) is 0 Å². The van der Waals surface area contributed by atoms with Crippen LogP contribution < -0.4 is 9.64 Å². The molecule has 166 valence electrons. The van der Waals surface area contributed by atoms with Crippen molar-refractivity contribution in [1.82, 2.24) is 4.98 Å². The van der Waals surface area contributed by atoms with Gasteiger partial charge in [0.2, 0.25) is 0 Å². The Morgan fingerprint density at radius 3 is 2.76 bits per heavy atom. The third-order valence-corrected chi connectivity index (χ3v) is 6.09. The molecule has 5 rings (SSSR count). The van der Waals surface area contributed by atoms with Crippen molar-refractivity contribution < 1.29 is 23.8 Å². The van der Waals surface area contributed by atoms with E-state index in [1.165, 1.54) is 23.2 Å². The number of ether oxygens (including phenoxy) is 1. The largest absolute Gasteiger partial charge is 0.507 e. The van der Waals surface area contributed by atoms with Gasteiger partial charge in [0.05, 0.1) is 16.6 Å². The van der Waals surface area contributed by atoms with E-state index in [4.69, 9.17) is 16.3 Å². The molecule has 0 radical (unpaired) electrons. The lowest BCUT2D eigenvalue weighted by Crippen LogP contribution is -2.29. The Balaban J connectivity index is 1.69. The zero-order valence-corrected chi connectivity index (χ0v) is 18.2. The minimum atomic E-state index is -0.969. The number of benzene rings is 2. The fourth-order valence-corrected chi connectivity index (χ4v) is 4.49. The summed E-state index contributed by atoms with van der Waals surface area (Å²) in [5, 5.41) is 11.0. The number of carbonyl (C=O) groups excluding carboxylic acids is 2. The first-order chi connectivity index (χ1) is 15.8. The number of anilines is 1. The number of halogens is 2.